The molecule has 2 aromatic rings. The number of aromatic nitrogens is 1. The molecule has 1 saturated heterocycles. The fourth-order valence-corrected chi connectivity index (χ4v) is 3.91. The Hall–Kier alpha value is -2.60. The molecule has 0 bridgehead atoms. The summed E-state index contributed by atoms with van der Waals surface area (Å²) in [4.78, 5) is 25.8. The molecule has 1 aromatic carbocycles. The number of rotatable bonds is 7. The van der Waals surface area contributed by atoms with Crippen LogP contribution in [0.2, 0.25) is 0 Å². The van der Waals surface area contributed by atoms with Crippen LogP contribution in [0.5, 0.6) is 0 Å². The molecule has 2 heterocycles. The standard InChI is InChI=1S/C21H28N4O2/c1-3-16-8-4-5-9-17(16)23-20(26)14-22-21(27)15-25-13-7-11-19(25)18-10-6-12-24(18)2/h4-6,8-10,12,19H,3,7,11,13-15H2,1-2H3,(H,22,27)(H,23,26)/p+1/t19-/m0/s1. The Bertz CT molecular complexity index is 799. The number of anilines is 1. The van der Waals surface area contributed by atoms with Crippen molar-refractivity contribution in [2.24, 2.45) is 7.05 Å². The maximum absolute atomic E-state index is 12.4. The first-order valence-electron chi connectivity index (χ1n) is 9.68. The van der Waals surface area contributed by atoms with Crippen molar-refractivity contribution in [3.05, 3.63) is 53.9 Å². The normalized spacial score (nSPS) is 19.0. The second-order valence-corrected chi connectivity index (χ2v) is 7.16. The number of benzene rings is 1. The molecule has 3 rings (SSSR count). The van der Waals surface area contributed by atoms with Crippen LogP contribution < -0.4 is 15.5 Å². The van der Waals surface area contributed by atoms with Gasteiger partial charge in [0.25, 0.3) is 5.91 Å². The molecular formula is C21H29N4O2+. The van der Waals surface area contributed by atoms with Gasteiger partial charge in [-0.1, -0.05) is 25.1 Å². The van der Waals surface area contributed by atoms with Crippen molar-refractivity contribution in [3.63, 3.8) is 0 Å². The van der Waals surface area contributed by atoms with E-state index in [1.807, 2.05) is 43.6 Å². The van der Waals surface area contributed by atoms with E-state index in [2.05, 4.69) is 28.2 Å². The fourth-order valence-electron chi connectivity index (χ4n) is 3.91. The van der Waals surface area contributed by atoms with Crippen LogP contribution in [0.1, 0.15) is 37.1 Å². The lowest BCUT2D eigenvalue weighted by Crippen LogP contribution is -3.11. The molecular weight excluding hydrogens is 340 g/mol. The molecule has 0 radical (unpaired) electrons. The topological polar surface area (TPSA) is 67.6 Å². The summed E-state index contributed by atoms with van der Waals surface area (Å²) in [6.45, 7) is 3.43. The second kappa shape index (κ2) is 8.86. The highest BCUT2D eigenvalue weighted by Gasteiger charge is 2.32. The van der Waals surface area contributed by atoms with E-state index in [-0.39, 0.29) is 18.4 Å². The average molecular weight is 369 g/mol. The monoisotopic (exact) mass is 369 g/mol. The van der Waals surface area contributed by atoms with Crippen LogP contribution in [0.15, 0.2) is 42.6 Å². The van der Waals surface area contributed by atoms with Gasteiger partial charge in [-0.2, -0.15) is 0 Å². The predicted molar refractivity (Wildman–Crippen MR) is 106 cm³/mol. The number of likely N-dealkylation sites (tertiary alicyclic amines) is 1. The SMILES string of the molecule is CCc1ccccc1NC(=O)CNC(=O)C[NH+]1CCC[C@H]1c1cccn1C. The van der Waals surface area contributed by atoms with E-state index in [0.717, 1.165) is 37.1 Å². The first-order chi connectivity index (χ1) is 13.1. The highest BCUT2D eigenvalue weighted by atomic mass is 16.2. The molecule has 0 saturated carbocycles. The molecule has 2 atom stereocenters. The van der Waals surface area contributed by atoms with Crippen LogP contribution >= 0.6 is 0 Å². The molecule has 2 amide bonds. The molecule has 27 heavy (non-hydrogen) atoms. The lowest BCUT2D eigenvalue weighted by molar-refractivity contribution is -0.911. The molecule has 3 N–H and O–H groups in total. The van der Waals surface area contributed by atoms with Gasteiger partial charge in [-0.05, 0) is 30.2 Å². The van der Waals surface area contributed by atoms with Crippen molar-refractivity contribution in [1.29, 1.82) is 0 Å². The minimum atomic E-state index is -0.195. The summed E-state index contributed by atoms with van der Waals surface area (Å²) in [6, 6.07) is 12.3. The second-order valence-electron chi connectivity index (χ2n) is 7.16. The van der Waals surface area contributed by atoms with Crippen LogP contribution in [0.4, 0.5) is 5.69 Å². The number of para-hydroxylation sites is 1. The number of carbonyl (C=O) groups is 2. The number of aryl methyl sites for hydroxylation is 2. The number of hydrogen-bond donors (Lipinski definition) is 3. The number of amides is 2. The van der Waals surface area contributed by atoms with E-state index in [4.69, 9.17) is 0 Å². The molecule has 1 aliphatic heterocycles. The molecule has 1 fully saturated rings. The number of nitrogens with one attached hydrogen (secondary N) is 3. The third-order valence-corrected chi connectivity index (χ3v) is 5.33. The van der Waals surface area contributed by atoms with Crippen LogP contribution in [0.3, 0.4) is 0 Å². The largest absolute Gasteiger partial charge is 0.350 e. The van der Waals surface area contributed by atoms with E-state index >= 15 is 0 Å². The molecule has 6 heteroatoms. The van der Waals surface area contributed by atoms with Crippen molar-refractivity contribution in [2.75, 3.05) is 25.0 Å². The maximum atomic E-state index is 12.4. The zero-order valence-corrected chi connectivity index (χ0v) is 16.1. The molecule has 1 unspecified atom stereocenters. The van der Waals surface area contributed by atoms with Crippen molar-refractivity contribution in [3.8, 4) is 0 Å². The van der Waals surface area contributed by atoms with Gasteiger partial charge in [0.05, 0.1) is 18.8 Å². The summed E-state index contributed by atoms with van der Waals surface area (Å²) in [5, 5.41) is 5.65. The van der Waals surface area contributed by atoms with Gasteiger partial charge in [0.1, 0.15) is 6.04 Å². The summed E-state index contributed by atoms with van der Waals surface area (Å²) in [7, 11) is 2.05. The first kappa shape index (κ1) is 19.2. The summed E-state index contributed by atoms with van der Waals surface area (Å²) < 4.78 is 2.13. The number of carbonyl (C=O) groups excluding carboxylic acids is 2. The Morgan fingerprint density at radius 1 is 1.19 bits per heavy atom. The van der Waals surface area contributed by atoms with Crippen LogP contribution in [0, 0.1) is 0 Å². The minimum Gasteiger partial charge on any atom is -0.350 e. The lowest BCUT2D eigenvalue weighted by atomic mass is 10.1. The lowest BCUT2D eigenvalue weighted by Gasteiger charge is -2.21. The van der Waals surface area contributed by atoms with Crippen molar-refractivity contribution in [1.82, 2.24) is 9.88 Å². The molecule has 0 aliphatic carbocycles. The van der Waals surface area contributed by atoms with Gasteiger partial charge < -0.3 is 20.1 Å². The van der Waals surface area contributed by atoms with E-state index in [0.29, 0.717) is 12.6 Å². The van der Waals surface area contributed by atoms with Crippen LogP contribution in [-0.4, -0.2) is 36.0 Å². The quantitative estimate of drug-likeness (QED) is 0.683. The highest BCUT2D eigenvalue weighted by molar-refractivity contribution is 5.95. The van der Waals surface area contributed by atoms with Gasteiger partial charge in [-0.3, -0.25) is 9.59 Å². The minimum absolute atomic E-state index is 0.00101. The Morgan fingerprint density at radius 2 is 2.00 bits per heavy atom. The van der Waals surface area contributed by atoms with E-state index in [1.54, 1.807) is 0 Å². The van der Waals surface area contributed by atoms with E-state index < -0.39 is 0 Å². The Labute approximate surface area is 160 Å². The molecule has 144 valence electrons. The van der Waals surface area contributed by atoms with E-state index in [9.17, 15) is 9.59 Å². The van der Waals surface area contributed by atoms with Gasteiger partial charge in [0.15, 0.2) is 6.54 Å². The Kier molecular flexibility index (Phi) is 6.29. The van der Waals surface area contributed by atoms with Crippen molar-refractivity contribution < 1.29 is 14.5 Å². The average Bonchev–Trinajstić information content (AvgIpc) is 3.28. The van der Waals surface area contributed by atoms with Gasteiger partial charge in [-0.25, -0.2) is 0 Å². The summed E-state index contributed by atoms with van der Waals surface area (Å²) in [6.07, 6.45) is 5.10. The summed E-state index contributed by atoms with van der Waals surface area (Å²) >= 11 is 0. The smallest absolute Gasteiger partial charge is 0.275 e. The van der Waals surface area contributed by atoms with Gasteiger partial charge in [-0.15, -0.1) is 0 Å². The predicted octanol–water partition coefficient (Wildman–Crippen LogP) is 1.06. The van der Waals surface area contributed by atoms with Gasteiger partial charge >= 0.3 is 0 Å². The maximum Gasteiger partial charge on any atom is 0.275 e. The Morgan fingerprint density at radius 3 is 2.74 bits per heavy atom. The van der Waals surface area contributed by atoms with Crippen LogP contribution in [0.25, 0.3) is 0 Å². The third-order valence-electron chi connectivity index (χ3n) is 5.33. The molecule has 1 aromatic heterocycles. The van der Waals surface area contributed by atoms with Gasteiger partial charge in [0.2, 0.25) is 5.91 Å². The zero-order chi connectivity index (χ0) is 19.2. The van der Waals surface area contributed by atoms with Crippen molar-refractivity contribution in [2.45, 2.75) is 32.2 Å². The number of quaternary nitrogens is 1. The molecule has 0 spiro atoms. The number of hydrogen-bond acceptors (Lipinski definition) is 2. The zero-order valence-electron chi connectivity index (χ0n) is 16.1. The summed E-state index contributed by atoms with van der Waals surface area (Å²) in [5.74, 6) is -0.273. The number of nitrogens with zero attached hydrogens (tertiary/aromatic N) is 1. The molecule has 1 aliphatic rings. The van der Waals surface area contributed by atoms with Gasteiger partial charge in [0, 0.05) is 31.8 Å². The molecule has 6 nitrogen and oxygen atoms in total. The first-order valence-corrected chi connectivity index (χ1v) is 9.68. The summed E-state index contributed by atoms with van der Waals surface area (Å²) in [5.41, 5.74) is 3.17. The van der Waals surface area contributed by atoms with Crippen LogP contribution in [-0.2, 0) is 23.1 Å². The fraction of sp³-hybridized carbons (Fsp3) is 0.429. The highest BCUT2D eigenvalue weighted by Crippen LogP contribution is 2.18. The van der Waals surface area contributed by atoms with Crippen molar-refractivity contribution >= 4 is 17.5 Å². The van der Waals surface area contributed by atoms with E-state index in [1.165, 1.54) is 10.6 Å². The Balaban J connectivity index is 1.49. The third kappa shape index (κ3) is 4.77.